The van der Waals surface area contributed by atoms with Crippen LogP contribution in [0.25, 0.3) is 0 Å². The van der Waals surface area contributed by atoms with Crippen molar-refractivity contribution in [3.63, 3.8) is 0 Å². The van der Waals surface area contributed by atoms with Crippen LogP contribution in [0.4, 0.5) is 11.4 Å². The molecule has 0 saturated carbocycles. The van der Waals surface area contributed by atoms with E-state index < -0.39 is 0 Å². The van der Waals surface area contributed by atoms with Crippen LogP contribution in [0.2, 0.25) is 0 Å². The van der Waals surface area contributed by atoms with Gasteiger partial charge in [0.25, 0.3) is 5.69 Å². The van der Waals surface area contributed by atoms with Crippen LogP contribution in [-0.4, -0.2) is 66.9 Å². The van der Waals surface area contributed by atoms with Crippen LogP contribution in [0.5, 0.6) is 0 Å². The number of piperazine rings is 1. The van der Waals surface area contributed by atoms with Crippen LogP contribution in [0.1, 0.15) is 6.42 Å². The summed E-state index contributed by atoms with van der Waals surface area (Å²) in [5, 5.41) is 19.7. The van der Waals surface area contributed by atoms with Gasteiger partial charge >= 0.3 is 0 Å². The molecule has 0 atom stereocenters. The summed E-state index contributed by atoms with van der Waals surface area (Å²) in [4.78, 5) is 28.6. The van der Waals surface area contributed by atoms with Gasteiger partial charge in [-0.15, -0.1) is 0 Å². The molecule has 128 valence electrons. The summed E-state index contributed by atoms with van der Waals surface area (Å²) in [5.41, 5.74) is 0.689. The fourth-order valence-electron chi connectivity index (χ4n) is 2.73. The molecule has 1 aliphatic rings. The molecule has 0 spiro atoms. The molecule has 1 aliphatic heterocycles. The molecular weight excluding hydrogens is 310 g/mol. The zero-order valence-electron chi connectivity index (χ0n) is 13.7. The third-order valence-corrected chi connectivity index (χ3v) is 4.06. The van der Waals surface area contributed by atoms with Gasteiger partial charge in [0.05, 0.1) is 17.5 Å². The van der Waals surface area contributed by atoms with Gasteiger partial charge in [-0.05, 0) is 13.1 Å². The monoisotopic (exact) mass is 331 g/mol. The maximum atomic E-state index is 12.3. The number of likely N-dealkylation sites (N-methyl/N-ethyl adjacent to an activating group) is 1. The maximum absolute atomic E-state index is 12.3. The molecule has 1 fully saturated rings. The Balaban J connectivity index is 1.91. The number of nitro groups is 1. The van der Waals surface area contributed by atoms with Crippen molar-refractivity contribution in [2.75, 3.05) is 51.2 Å². The number of benzene rings is 1. The molecule has 0 aromatic heterocycles. The lowest BCUT2D eigenvalue weighted by atomic mass is 10.2. The number of nitro benzene ring substituents is 1. The molecule has 8 nitrogen and oxygen atoms in total. The molecule has 2 rings (SSSR count). The smallest absolute Gasteiger partial charge is 0.292 e. The molecule has 1 aromatic rings. The molecule has 1 amide bonds. The van der Waals surface area contributed by atoms with Crippen molar-refractivity contribution < 1.29 is 9.72 Å². The van der Waals surface area contributed by atoms with Gasteiger partial charge in [0.1, 0.15) is 5.69 Å². The van der Waals surface area contributed by atoms with E-state index in [1.807, 2.05) is 16.8 Å². The molecule has 0 bridgehead atoms. The number of para-hydroxylation sites is 2. The van der Waals surface area contributed by atoms with Crippen LogP contribution < -0.4 is 4.90 Å². The fourth-order valence-corrected chi connectivity index (χ4v) is 2.73. The zero-order valence-corrected chi connectivity index (χ0v) is 13.7. The minimum Gasteiger partial charge on any atom is -0.362 e. The van der Waals surface area contributed by atoms with Gasteiger partial charge in [0, 0.05) is 45.2 Å². The molecule has 0 N–H and O–H groups in total. The number of nitrogens with zero attached hydrogens (tertiary/aromatic N) is 5. The van der Waals surface area contributed by atoms with Crippen molar-refractivity contribution in [3.05, 3.63) is 34.4 Å². The standard InChI is InChI=1S/C16H21N5O3/c1-18(8-4-7-17)13-16(22)20-11-9-19(10-12-20)14-5-2-3-6-15(14)21(23)24/h2-3,5-6H,4,8-13H2,1H3. The van der Waals surface area contributed by atoms with E-state index in [9.17, 15) is 14.9 Å². The number of hydrogen-bond acceptors (Lipinski definition) is 6. The number of carbonyl (C=O) groups excluding carboxylic acids is 1. The van der Waals surface area contributed by atoms with E-state index in [-0.39, 0.29) is 23.1 Å². The summed E-state index contributed by atoms with van der Waals surface area (Å²) in [6.07, 6.45) is 0.398. The van der Waals surface area contributed by atoms with Crippen molar-refractivity contribution in [2.24, 2.45) is 0 Å². The molecule has 8 heteroatoms. The largest absolute Gasteiger partial charge is 0.362 e. The lowest BCUT2D eigenvalue weighted by molar-refractivity contribution is -0.384. The molecule has 1 aromatic carbocycles. The first kappa shape index (κ1) is 17.7. The van der Waals surface area contributed by atoms with Gasteiger partial charge in [0.15, 0.2) is 0 Å². The number of rotatable bonds is 6. The van der Waals surface area contributed by atoms with Gasteiger partial charge < -0.3 is 9.80 Å². The molecular formula is C16H21N5O3. The second-order valence-corrected chi connectivity index (χ2v) is 5.76. The fraction of sp³-hybridized carbons (Fsp3) is 0.500. The van der Waals surface area contributed by atoms with E-state index in [0.29, 0.717) is 44.8 Å². The topological polar surface area (TPSA) is 93.7 Å². The Morgan fingerprint density at radius 2 is 2.00 bits per heavy atom. The van der Waals surface area contributed by atoms with Crippen molar-refractivity contribution >= 4 is 17.3 Å². The maximum Gasteiger partial charge on any atom is 0.292 e. The van der Waals surface area contributed by atoms with Crippen molar-refractivity contribution in [1.82, 2.24) is 9.80 Å². The Morgan fingerprint density at radius 3 is 2.62 bits per heavy atom. The highest BCUT2D eigenvalue weighted by molar-refractivity contribution is 5.78. The Bertz CT molecular complexity index is 635. The van der Waals surface area contributed by atoms with Crippen LogP contribution in [0.3, 0.4) is 0 Å². The zero-order chi connectivity index (χ0) is 17.5. The molecule has 0 radical (unpaired) electrons. The third kappa shape index (κ3) is 4.43. The third-order valence-electron chi connectivity index (χ3n) is 4.06. The van der Waals surface area contributed by atoms with E-state index >= 15 is 0 Å². The summed E-state index contributed by atoms with van der Waals surface area (Å²) in [6, 6.07) is 8.73. The highest BCUT2D eigenvalue weighted by Gasteiger charge is 2.25. The summed E-state index contributed by atoms with van der Waals surface area (Å²) in [6.45, 7) is 3.07. The van der Waals surface area contributed by atoms with E-state index in [1.165, 1.54) is 6.07 Å². The first-order valence-corrected chi connectivity index (χ1v) is 7.84. The number of anilines is 1. The molecule has 0 aliphatic carbocycles. The summed E-state index contributed by atoms with van der Waals surface area (Å²) < 4.78 is 0. The lowest BCUT2D eigenvalue weighted by Gasteiger charge is -2.36. The Morgan fingerprint density at radius 1 is 1.33 bits per heavy atom. The number of carbonyl (C=O) groups is 1. The van der Waals surface area contributed by atoms with Gasteiger partial charge in [-0.1, -0.05) is 12.1 Å². The summed E-state index contributed by atoms with van der Waals surface area (Å²) in [7, 11) is 1.82. The van der Waals surface area contributed by atoms with Crippen LogP contribution in [0, 0.1) is 21.4 Å². The molecule has 0 unspecified atom stereocenters. The van der Waals surface area contributed by atoms with Crippen molar-refractivity contribution in [2.45, 2.75) is 6.42 Å². The molecule has 24 heavy (non-hydrogen) atoms. The van der Waals surface area contributed by atoms with Crippen molar-refractivity contribution in [1.29, 1.82) is 5.26 Å². The normalized spacial score (nSPS) is 14.5. The minimum absolute atomic E-state index is 0.0256. The van der Waals surface area contributed by atoms with Gasteiger partial charge in [-0.2, -0.15) is 5.26 Å². The first-order valence-electron chi connectivity index (χ1n) is 7.84. The van der Waals surface area contributed by atoms with Gasteiger partial charge in [-0.25, -0.2) is 0 Å². The summed E-state index contributed by atoms with van der Waals surface area (Å²) in [5.74, 6) is 0.0256. The number of amides is 1. The Hall–Kier alpha value is -2.66. The predicted octanol–water partition coefficient (Wildman–Crippen LogP) is 1.09. The SMILES string of the molecule is CN(CCC#N)CC(=O)N1CCN(c2ccccc2[N+](=O)[O-])CC1. The average Bonchev–Trinajstić information content (AvgIpc) is 2.60. The Labute approximate surface area is 141 Å². The lowest BCUT2D eigenvalue weighted by Crippen LogP contribution is -2.51. The van der Waals surface area contributed by atoms with Crippen LogP contribution in [0.15, 0.2) is 24.3 Å². The Kier molecular flexibility index (Phi) is 6.09. The van der Waals surface area contributed by atoms with E-state index in [2.05, 4.69) is 6.07 Å². The van der Waals surface area contributed by atoms with E-state index in [1.54, 1.807) is 23.1 Å². The van der Waals surface area contributed by atoms with E-state index in [4.69, 9.17) is 5.26 Å². The number of hydrogen-bond donors (Lipinski definition) is 0. The van der Waals surface area contributed by atoms with Crippen LogP contribution >= 0.6 is 0 Å². The van der Waals surface area contributed by atoms with Gasteiger partial charge in [0.2, 0.25) is 5.91 Å². The van der Waals surface area contributed by atoms with Crippen LogP contribution in [-0.2, 0) is 4.79 Å². The predicted molar refractivity (Wildman–Crippen MR) is 89.6 cm³/mol. The minimum atomic E-state index is -0.378. The quantitative estimate of drug-likeness (QED) is 0.572. The molecule has 1 heterocycles. The first-order chi connectivity index (χ1) is 11.5. The highest BCUT2D eigenvalue weighted by atomic mass is 16.6. The average molecular weight is 331 g/mol. The highest BCUT2D eigenvalue weighted by Crippen LogP contribution is 2.28. The second-order valence-electron chi connectivity index (χ2n) is 5.76. The van der Waals surface area contributed by atoms with E-state index in [0.717, 1.165) is 0 Å². The molecule has 1 saturated heterocycles. The van der Waals surface area contributed by atoms with Gasteiger partial charge in [-0.3, -0.25) is 19.8 Å². The number of nitriles is 1. The summed E-state index contributed by atoms with van der Waals surface area (Å²) >= 11 is 0. The second kappa shape index (κ2) is 8.26. The van der Waals surface area contributed by atoms with Crippen molar-refractivity contribution in [3.8, 4) is 6.07 Å².